The summed E-state index contributed by atoms with van der Waals surface area (Å²) in [7, 11) is 0. The largest absolute Gasteiger partial charge is 0.399 e. The van der Waals surface area contributed by atoms with E-state index in [-0.39, 0.29) is 5.56 Å². The van der Waals surface area contributed by atoms with Gasteiger partial charge >= 0.3 is 0 Å². The van der Waals surface area contributed by atoms with E-state index >= 15 is 0 Å². The number of aryl methyl sites for hydroxylation is 1. The Balaban J connectivity index is 2.36. The molecule has 0 saturated carbocycles. The van der Waals surface area contributed by atoms with Gasteiger partial charge in [0.05, 0.1) is 20.7 Å². The fourth-order valence-electron chi connectivity index (χ4n) is 1.75. The van der Waals surface area contributed by atoms with Crippen molar-refractivity contribution < 1.29 is 9.18 Å². The van der Waals surface area contributed by atoms with Crippen molar-refractivity contribution in [2.75, 3.05) is 11.1 Å². The second-order valence-corrected chi connectivity index (χ2v) is 5.46. The molecular formula is C14H11BrClFN2O. The number of anilines is 2. The van der Waals surface area contributed by atoms with E-state index in [0.29, 0.717) is 26.4 Å². The molecule has 2 rings (SSSR count). The van der Waals surface area contributed by atoms with Crippen molar-refractivity contribution in [3.63, 3.8) is 0 Å². The predicted molar refractivity (Wildman–Crippen MR) is 82.7 cm³/mol. The molecule has 3 nitrogen and oxygen atoms in total. The van der Waals surface area contributed by atoms with Gasteiger partial charge in [-0.1, -0.05) is 17.7 Å². The van der Waals surface area contributed by atoms with Gasteiger partial charge in [-0.15, -0.1) is 0 Å². The van der Waals surface area contributed by atoms with Crippen LogP contribution in [0, 0.1) is 12.7 Å². The molecule has 3 N–H and O–H groups in total. The molecule has 0 atom stereocenters. The van der Waals surface area contributed by atoms with Crippen molar-refractivity contribution in [3.8, 4) is 0 Å². The number of nitrogens with two attached hydrogens (primary N) is 1. The van der Waals surface area contributed by atoms with Crippen molar-refractivity contribution in [3.05, 3.63) is 56.8 Å². The number of carbonyl (C=O) groups excluding carboxylic acids is 1. The Morgan fingerprint density at radius 1 is 1.40 bits per heavy atom. The van der Waals surface area contributed by atoms with Crippen LogP contribution in [0.25, 0.3) is 0 Å². The summed E-state index contributed by atoms with van der Waals surface area (Å²) in [6.45, 7) is 1.55. The molecule has 1 amide bonds. The molecular weight excluding hydrogens is 347 g/mol. The average Bonchev–Trinajstić information content (AvgIpc) is 2.39. The minimum absolute atomic E-state index is 0.102. The number of halogens is 3. The number of benzene rings is 2. The Morgan fingerprint density at radius 3 is 2.80 bits per heavy atom. The van der Waals surface area contributed by atoms with E-state index in [0.717, 1.165) is 0 Å². The lowest BCUT2D eigenvalue weighted by Gasteiger charge is -2.10. The maximum atomic E-state index is 14.0. The van der Waals surface area contributed by atoms with Gasteiger partial charge in [-0.3, -0.25) is 4.79 Å². The number of nitrogen functional groups attached to an aromatic ring is 1. The van der Waals surface area contributed by atoms with Gasteiger partial charge in [0, 0.05) is 5.69 Å². The van der Waals surface area contributed by atoms with Crippen LogP contribution < -0.4 is 11.1 Å². The van der Waals surface area contributed by atoms with Crippen molar-refractivity contribution in [2.24, 2.45) is 0 Å². The molecule has 6 heteroatoms. The monoisotopic (exact) mass is 356 g/mol. The van der Waals surface area contributed by atoms with Crippen molar-refractivity contribution >= 4 is 44.8 Å². The molecule has 0 aromatic heterocycles. The third kappa shape index (κ3) is 2.94. The molecule has 0 unspecified atom stereocenters. The lowest BCUT2D eigenvalue weighted by atomic mass is 10.1. The molecule has 0 bridgehead atoms. The van der Waals surface area contributed by atoms with Crippen LogP contribution in [0.4, 0.5) is 15.8 Å². The zero-order chi connectivity index (χ0) is 14.9. The number of hydrogen-bond acceptors (Lipinski definition) is 2. The topological polar surface area (TPSA) is 55.1 Å². The lowest BCUT2D eigenvalue weighted by molar-refractivity contribution is 0.102. The van der Waals surface area contributed by atoms with Crippen LogP contribution in [0.15, 0.2) is 34.8 Å². The molecule has 0 spiro atoms. The molecule has 0 aliphatic heterocycles. The highest BCUT2D eigenvalue weighted by atomic mass is 79.9. The van der Waals surface area contributed by atoms with Gasteiger partial charge < -0.3 is 11.1 Å². The Bertz CT molecular complexity index is 691. The lowest BCUT2D eigenvalue weighted by Crippen LogP contribution is -2.15. The fourth-order valence-corrected chi connectivity index (χ4v) is 2.29. The fraction of sp³-hybridized carbons (Fsp3) is 0.0714. The summed E-state index contributed by atoms with van der Waals surface area (Å²) in [5, 5.41) is 3.05. The van der Waals surface area contributed by atoms with Gasteiger partial charge in [-0.05, 0) is 52.7 Å². The molecule has 0 radical (unpaired) electrons. The Morgan fingerprint density at radius 2 is 2.10 bits per heavy atom. The van der Waals surface area contributed by atoms with Gasteiger partial charge in [0.15, 0.2) is 0 Å². The second-order valence-electron chi connectivity index (χ2n) is 4.25. The smallest absolute Gasteiger partial charge is 0.258 e. The number of amides is 1. The molecule has 0 saturated heterocycles. The highest BCUT2D eigenvalue weighted by molar-refractivity contribution is 9.10. The number of hydrogen-bond donors (Lipinski definition) is 2. The summed E-state index contributed by atoms with van der Waals surface area (Å²) in [5.74, 6) is -1.17. The highest BCUT2D eigenvalue weighted by Crippen LogP contribution is 2.30. The third-order valence-corrected chi connectivity index (χ3v) is 4.12. The van der Waals surface area contributed by atoms with Crippen molar-refractivity contribution in [1.29, 1.82) is 0 Å². The van der Waals surface area contributed by atoms with Gasteiger partial charge in [0.1, 0.15) is 5.82 Å². The van der Waals surface area contributed by atoms with Crippen LogP contribution in [0.1, 0.15) is 15.9 Å². The summed E-state index contributed by atoms with van der Waals surface area (Å²) in [6.07, 6.45) is 0. The van der Waals surface area contributed by atoms with E-state index in [1.165, 1.54) is 12.1 Å². The van der Waals surface area contributed by atoms with Gasteiger partial charge in [0.25, 0.3) is 5.91 Å². The third-order valence-electron chi connectivity index (χ3n) is 2.72. The van der Waals surface area contributed by atoms with E-state index < -0.39 is 11.7 Å². The highest BCUT2D eigenvalue weighted by Gasteiger charge is 2.16. The van der Waals surface area contributed by atoms with Crippen LogP contribution in [-0.2, 0) is 0 Å². The maximum absolute atomic E-state index is 14.0. The Kier molecular flexibility index (Phi) is 4.30. The minimum Gasteiger partial charge on any atom is -0.399 e. The molecule has 2 aromatic rings. The van der Waals surface area contributed by atoms with Gasteiger partial charge in [-0.25, -0.2) is 4.39 Å². The summed E-state index contributed by atoms with van der Waals surface area (Å²) in [6, 6.07) is 7.79. The number of rotatable bonds is 2. The molecule has 0 fully saturated rings. The standard InChI is InChI=1S/C14H11BrClFN2O/c1-7-5-8(18)6-9(13(7)17)14(20)19-11-4-2-3-10(16)12(11)15/h2-6H,18H2,1H3,(H,19,20). The SMILES string of the molecule is Cc1cc(N)cc(C(=O)Nc2cccc(Cl)c2Br)c1F. The number of nitrogens with one attached hydrogen (secondary N) is 1. The first-order chi connectivity index (χ1) is 9.40. The quantitative estimate of drug-likeness (QED) is 0.783. The molecule has 2 aromatic carbocycles. The van der Waals surface area contributed by atoms with E-state index in [2.05, 4.69) is 21.2 Å². The van der Waals surface area contributed by atoms with Crippen molar-refractivity contribution in [2.45, 2.75) is 6.92 Å². The van der Waals surface area contributed by atoms with Crippen LogP contribution in [0.5, 0.6) is 0 Å². The normalized spacial score (nSPS) is 10.4. The molecule has 20 heavy (non-hydrogen) atoms. The van der Waals surface area contributed by atoms with Crippen molar-refractivity contribution in [1.82, 2.24) is 0 Å². The van der Waals surface area contributed by atoms with E-state index in [1.54, 1.807) is 25.1 Å². The molecule has 0 aliphatic rings. The first-order valence-electron chi connectivity index (χ1n) is 5.71. The predicted octanol–water partition coefficient (Wildman–Crippen LogP) is 4.38. The van der Waals surface area contributed by atoms with Gasteiger partial charge in [0.2, 0.25) is 0 Å². The molecule has 0 aliphatic carbocycles. The maximum Gasteiger partial charge on any atom is 0.258 e. The second kappa shape index (κ2) is 5.81. The summed E-state index contributed by atoms with van der Waals surface area (Å²) in [4.78, 5) is 12.1. The van der Waals surface area contributed by atoms with E-state index in [1.807, 2.05) is 0 Å². The number of carbonyl (C=O) groups is 1. The zero-order valence-corrected chi connectivity index (χ0v) is 12.8. The average molecular weight is 358 g/mol. The first kappa shape index (κ1) is 14.8. The van der Waals surface area contributed by atoms with Crippen LogP contribution in [-0.4, -0.2) is 5.91 Å². The summed E-state index contributed by atoms with van der Waals surface area (Å²) < 4.78 is 14.5. The van der Waals surface area contributed by atoms with E-state index in [9.17, 15) is 9.18 Å². The Hall–Kier alpha value is -1.59. The van der Waals surface area contributed by atoms with Crippen LogP contribution in [0.3, 0.4) is 0 Å². The van der Waals surface area contributed by atoms with Crippen LogP contribution >= 0.6 is 27.5 Å². The van der Waals surface area contributed by atoms with Gasteiger partial charge in [-0.2, -0.15) is 0 Å². The summed E-state index contributed by atoms with van der Waals surface area (Å²) in [5.41, 5.74) is 6.65. The van der Waals surface area contributed by atoms with Crippen LogP contribution in [0.2, 0.25) is 5.02 Å². The molecule has 104 valence electrons. The van der Waals surface area contributed by atoms with E-state index in [4.69, 9.17) is 17.3 Å². The molecule has 0 heterocycles. The first-order valence-corrected chi connectivity index (χ1v) is 6.88. The summed E-state index contributed by atoms with van der Waals surface area (Å²) >= 11 is 9.20. The minimum atomic E-state index is -0.588. The zero-order valence-electron chi connectivity index (χ0n) is 10.5. The Labute approximate surface area is 129 Å².